The molecule has 0 spiro atoms. The third-order valence-corrected chi connectivity index (χ3v) is 4.37. The van der Waals surface area contributed by atoms with Crippen molar-refractivity contribution in [1.29, 1.82) is 0 Å². The predicted molar refractivity (Wildman–Crippen MR) is 107 cm³/mol. The van der Waals surface area contributed by atoms with E-state index in [0.29, 0.717) is 6.54 Å². The fourth-order valence-electron chi connectivity index (χ4n) is 3.09. The summed E-state index contributed by atoms with van der Waals surface area (Å²) in [6.07, 6.45) is 0. The fourth-order valence-corrected chi connectivity index (χ4v) is 3.09. The first-order valence-corrected chi connectivity index (χ1v) is 8.37. The largest absolute Gasteiger partial charge is 0.0893 e. The van der Waals surface area contributed by atoms with Crippen LogP contribution in [0.15, 0.2) is 84.0 Å². The van der Waals surface area contributed by atoms with Gasteiger partial charge in [-0.2, -0.15) is 0 Å². The van der Waals surface area contributed by atoms with Gasteiger partial charge in [0, 0.05) is 16.0 Å². The maximum absolute atomic E-state index is 8.40. The zero-order valence-corrected chi connectivity index (χ0v) is 14.1. The van der Waals surface area contributed by atoms with Crippen LogP contribution in [0.4, 0.5) is 0 Å². The van der Waals surface area contributed by atoms with Crippen LogP contribution in [-0.2, 0) is 6.54 Å². The van der Waals surface area contributed by atoms with Crippen LogP contribution < -0.4 is 0 Å². The Hall–Kier alpha value is -3.73. The van der Waals surface area contributed by atoms with E-state index in [-0.39, 0.29) is 0 Å². The molecule has 0 aliphatic rings. The molecule has 3 heteroatoms. The molecule has 0 aliphatic carbocycles. The van der Waals surface area contributed by atoms with Gasteiger partial charge in [0.25, 0.3) is 0 Å². The first kappa shape index (κ1) is 15.8. The van der Waals surface area contributed by atoms with Gasteiger partial charge in [0.15, 0.2) is 0 Å². The zero-order chi connectivity index (χ0) is 17.8. The van der Waals surface area contributed by atoms with E-state index >= 15 is 0 Å². The summed E-state index contributed by atoms with van der Waals surface area (Å²) in [5.74, 6) is 6.65. The summed E-state index contributed by atoms with van der Waals surface area (Å²) < 4.78 is 0. The van der Waals surface area contributed by atoms with Crippen LogP contribution in [0.5, 0.6) is 0 Å². The van der Waals surface area contributed by atoms with Gasteiger partial charge in [0.05, 0.1) is 6.54 Å². The molecule has 0 unspecified atom stereocenters. The number of nitrogens with zero attached hydrogens (tertiary/aromatic N) is 3. The maximum atomic E-state index is 8.40. The van der Waals surface area contributed by atoms with E-state index in [1.165, 1.54) is 21.5 Å². The van der Waals surface area contributed by atoms with Crippen molar-refractivity contribution in [3.05, 3.63) is 106 Å². The molecule has 0 saturated carbocycles. The topological polar surface area (TPSA) is 48.8 Å². The number of azide groups is 1. The van der Waals surface area contributed by atoms with Crippen molar-refractivity contribution in [3.8, 4) is 11.8 Å². The van der Waals surface area contributed by atoms with Crippen LogP contribution in [0.25, 0.3) is 32.0 Å². The van der Waals surface area contributed by atoms with Crippen LogP contribution in [-0.4, -0.2) is 0 Å². The lowest BCUT2D eigenvalue weighted by molar-refractivity contribution is 1.05. The average Bonchev–Trinajstić information content (AvgIpc) is 2.70. The quantitative estimate of drug-likeness (QED) is 0.138. The second kappa shape index (κ2) is 7.03. The van der Waals surface area contributed by atoms with Gasteiger partial charge in [0.2, 0.25) is 0 Å². The van der Waals surface area contributed by atoms with Crippen LogP contribution in [0.2, 0.25) is 0 Å². The van der Waals surface area contributed by atoms with E-state index in [4.69, 9.17) is 5.53 Å². The van der Waals surface area contributed by atoms with Gasteiger partial charge in [-0.05, 0) is 50.8 Å². The summed E-state index contributed by atoms with van der Waals surface area (Å²) in [5, 5.41) is 8.30. The Morgan fingerprint density at radius 1 is 0.769 bits per heavy atom. The minimum absolute atomic E-state index is 0.359. The average molecular weight is 333 g/mol. The molecule has 0 saturated heterocycles. The van der Waals surface area contributed by atoms with Crippen molar-refractivity contribution in [2.75, 3.05) is 0 Å². The zero-order valence-electron chi connectivity index (χ0n) is 14.1. The fraction of sp³-hybridized carbons (Fsp3) is 0.0435. The minimum atomic E-state index is 0.359. The molecule has 122 valence electrons. The summed E-state index contributed by atoms with van der Waals surface area (Å²) in [5.41, 5.74) is 11.4. The summed E-state index contributed by atoms with van der Waals surface area (Å²) >= 11 is 0. The molecular weight excluding hydrogens is 318 g/mol. The van der Waals surface area contributed by atoms with Crippen LogP contribution >= 0.6 is 0 Å². The molecule has 0 N–H and O–H groups in total. The van der Waals surface area contributed by atoms with Gasteiger partial charge >= 0.3 is 0 Å². The molecular formula is C23H15N3. The smallest absolute Gasteiger partial charge is 0.0510 e. The molecule has 0 heterocycles. The molecule has 0 atom stereocenters. The first-order chi connectivity index (χ1) is 12.8. The Labute approximate surface area is 151 Å². The Bertz CT molecular complexity index is 1150. The highest BCUT2D eigenvalue weighted by molar-refractivity contribution is 6.04. The molecule has 3 nitrogen and oxygen atoms in total. The predicted octanol–water partition coefficient (Wildman–Crippen LogP) is 6.20. The second-order valence-corrected chi connectivity index (χ2v) is 6.03. The van der Waals surface area contributed by atoms with E-state index in [9.17, 15) is 0 Å². The number of hydrogen-bond acceptors (Lipinski definition) is 1. The molecule has 4 aromatic carbocycles. The summed E-state index contributed by atoms with van der Waals surface area (Å²) in [6, 6.07) is 26.7. The van der Waals surface area contributed by atoms with Crippen molar-refractivity contribution in [2.45, 2.75) is 6.54 Å². The van der Waals surface area contributed by atoms with E-state index < -0.39 is 0 Å². The molecule has 4 rings (SSSR count). The maximum Gasteiger partial charge on any atom is 0.0510 e. The van der Waals surface area contributed by atoms with Crippen molar-refractivity contribution >= 4 is 21.5 Å². The highest BCUT2D eigenvalue weighted by Gasteiger charge is 2.04. The Kier molecular flexibility index (Phi) is 4.26. The van der Waals surface area contributed by atoms with Crippen LogP contribution in [0, 0.1) is 11.8 Å². The van der Waals surface area contributed by atoms with Crippen molar-refractivity contribution < 1.29 is 0 Å². The number of hydrogen-bond donors (Lipinski definition) is 0. The van der Waals surface area contributed by atoms with Gasteiger partial charge in [-0.1, -0.05) is 77.6 Å². The van der Waals surface area contributed by atoms with E-state index in [1.807, 2.05) is 36.4 Å². The Morgan fingerprint density at radius 3 is 2.00 bits per heavy atom. The van der Waals surface area contributed by atoms with E-state index in [1.54, 1.807) is 0 Å². The molecule has 4 aromatic rings. The third-order valence-electron chi connectivity index (χ3n) is 4.37. The second-order valence-electron chi connectivity index (χ2n) is 6.03. The minimum Gasteiger partial charge on any atom is -0.0893 e. The van der Waals surface area contributed by atoms with Gasteiger partial charge in [-0.25, -0.2) is 0 Å². The summed E-state index contributed by atoms with van der Waals surface area (Å²) in [4.78, 5) is 2.78. The molecule has 0 bridgehead atoms. The first-order valence-electron chi connectivity index (χ1n) is 8.37. The van der Waals surface area contributed by atoms with Crippen molar-refractivity contribution in [3.63, 3.8) is 0 Å². The van der Waals surface area contributed by atoms with Gasteiger partial charge in [0.1, 0.15) is 0 Å². The lowest BCUT2D eigenvalue weighted by Gasteiger charge is -2.06. The molecule has 0 aliphatic heterocycles. The monoisotopic (exact) mass is 333 g/mol. The van der Waals surface area contributed by atoms with Gasteiger partial charge < -0.3 is 0 Å². The standard InChI is InChI=1S/C23H15N3/c24-26-25-16-18-11-9-17(10-12-18)13-14-23-21-7-3-1-5-19(21)15-20-6-2-4-8-22(20)23/h1-12,15H,16H2. The number of benzene rings is 4. The highest BCUT2D eigenvalue weighted by atomic mass is 15.1. The van der Waals surface area contributed by atoms with Gasteiger partial charge in [-0.15, -0.1) is 0 Å². The molecule has 0 fully saturated rings. The lowest BCUT2D eigenvalue weighted by atomic mass is 9.97. The van der Waals surface area contributed by atoms with Crippen molar-refractivity contribution in [2.24, 2.45) is 5.11 Å². The summed E-state index contributed by atoms with van der Waals surface area (Å²) in [6.45, 7) is 0.359. The summed E-state index contributed by atoms with van der Waals surface area (Å²) in [7, 11) is 0. The Balaban J connectivity index is 1.82. The van der Waals surface area contributed by atoms with Gasteiger partial charge in [-0.3, -0.25) is 0 Å². The number of rotatable bonds is 2. The third kappa shape index (κ3) is 3.10. The van der Waals surface area contributed by atoms with E-state index in [2.05, 4.69) is 64.3 Å². The van der Waals surface area contributed by atoms with Crippen molar-refractivity contribution in [1.82, 2.24) is 0 Å². The number of fused-ring (bicyclic) bond motifs is 2. The molecule has 0 aromatic heterocycles. The Morgan fingerprint density at radius 2 is 1.38 bits per heavy atom. The lowest BCUT2D eigenvalue weighted by Crippen LogP contribution is -1.85. The normalized spacial score (nSPS) is 10.2. The molecule has 26 heavy (non-hydrogen) atoms. The van der Waals surface area contributed by atoms with E-state index in [0.717, 1.165) is 16.7 Å². The SMILES string of the molecule is [N-]=[N+]=NCc1ccc(C#Cc2c3ccccc3cc3ccccc23)cc1. The molecule has 0 amide bonds. The van der Waals surface area contributed by atoms with Crippen LogP contribution in [0.1, 0.15) is 16.7 Å². The highest BCUT2D eigenvalue weighted by Crippen LogP contribution is 2.27. The molecule has 0 radical (unpaired) electrons. The van der Waals surface area contributed by atoms with Crippen LogP contribution in [0.3, 0.4) is 0 Å².